The second-order valence-electron chi connectivity index (χ2n) is 6.28. The Labute approximate surface area is 145 Å². The highest BCUT2D eigenvalue weighted by molar-refractivity contribution is 6.28. The number of hydrogen-bond acceptors (Lipinski definition) is 2. The van der Waals surface area contributed by atoms with Crippen molar-refractivity contribution in [1.82, 2.24) is 10.0 Å². The van der Waals surface area contributed by atoms with Gasteiger partial charge < -0.3 is 10.0 Å². The number of benzene rings is 3. The molecule has 0 fully saturated rings. The zero-order valence-corrected chi connectivity index (χ0v) is 14.7. The monoisotopic (exact) mass is 315 g/mol. The molecule has 0 unspecified atom stereocenters. The van der Waals surface area contributed by atoms with Crippen molar-refractivity contribution in [3.05, 3.63) is 71.8 Å². The molecule has 0 amide bonds. The first-order valence-corrected chi connectivity index (χ1v) is 8.48. The molecule has 3 heteroatoms. The lowest BCUT2D eigenvalue weighted by Crippen LogP contribution is -2.34. The summed E-state index contributed by atoms with van der Waals surface area (Å²) < 4.78 is 0. The molecule has 24 heavy (non-hydrogen) atoms. The van der Waals surface area contributed by atoms with Crippen LogP contribution in [-0.2, 0) is 6.42 Å². The molecule has 0 atom stereocenters. The Bertz CT molecular complexity index is 829. The molecule has 0 aliphatic carbocycles. The lowest BCUT2D eigenvalue weighted by molar-refractivity contribution is 0.531. The summed E-state index contributed by atoms with van der Waals surface area (Å²) in [6, 6.07) is 21.9. The molecule has 121 valence electrons. The Morgan fingerprint density at radius 1 is 0.917 bits per heavy atom. The van der Waals surface area contributed by atoms with Gasteiger partial charge in [-0.3, -0.25) is 0 Å². The van der Waals surface area contributed by atoms with E-state index in [9.17, 15) is 0 Å². The zero-order valence-electron chi connectivity index (χ0n) is 14.7. The van der Waals surface area contributed by atoms with Crippen molar-refractivity contribution in [3.63, 3.8) is 0 Å². The normalized spacial score (nSPS) is 11.2. The maximum atomic E-state index is 3.10. The number of nitrogens with one attached hydrogen (secondary N) is 1. The van der Waals surface area contributed by atoms with E-state index >= 15 is 0 Å². The van der Waals surface area contributed by atoms with E-state index in [0.717, 1.165) is 13.0 Å². The van der Waals surface area contributed by atoms with Crippen molar-refractivity contribution in [2.45, 2.75) is 13.3 Å². The van der Waals surface area contributed by atoms with Crippen LogP contribution in [0.4, 0.5) is 0 Å². The molecule has 0 aromatic heterocycles. The van der Waals surface area contributed by atoms with Gasteiger partial charge in [-0.15, -0.1) is 0 Å². The van der Waals surface area contributed by atoms with Crippen LogP contribution in [0.1, 0.15) is 11.1 Å². The van der Waals surface area contributed by atoms with E-state index in [1.165, 1.54) is 33.0 Å². The zero-order chi connectivity index (χ0) is 16.9. The fourth-order valence-corrected chi connectivity index (χ4v) is 3.31. The first kappa shape index (κ1) is 16.8. The Balaban J connectivity index is 2.08. The molecule has 0 aliphatic rings. The predicted molar refractivity (Wildman–Crippen MR) is 105 cm³/mol. The number of rotatable bonds is 6. The van der Waals surface area contributed by atoms with E-state index in [0.29, 0.717) is 0 Å². The van der Waals surface area contributed by atoms with Gasteiger partial charge in [-0.2, -0.15) is 0 Å². The Morgan fingerprint density at radius 3 is 2.46 bits per heavy atom. The molecule has 0 spiro atoms. The van der Waals surface area contributed by atoms with Crippen LogP contribution in [0.5, 0.6) is 0 Å². The van der Waals surface area contributed by atoms with E-state index in [4.69, 9.17) is 0 Å². The highest BCUT2D eigenvalue weighted by Gasteiger charge is 2.12. The van der Waals surface area contributed by atoms with Gasteiger partial charge in [0.25, 0.3) is 0 Å². The maximum Gasteiger partial charge on any atom is 0.309 e. The van der Waals surface area contributed by atoms with E-state index in [-0.39, 0.29) is 0 Å². The molecule has 0 saturated carbocycles. The standard InChI is InChI=1S/C21H24BN2/c1-16-8-4-6-10-18(16)20-13-12-17-9-5-7-11-19(17)21(20)14-15-24(3)22-23-2/h4-13,23H,14-15H2,1-3H3. The number of likely N-dealkylation sites (N-methyl/N-ethyl adjacent to an activating group) is 1. The van der Waals surface area contributed by atoms with Crippen molar-refractivity contribution in [2.24, 2.45) is 0 Å². The minimum Gasteiger partial charge on any atom is -0.348 e. The van der Waals surface area contributed by atoms with Crippen LogP contribution in [0.2, 0.25) is 0 Å². The Hall–Kier alpha value is -2.10. The van der Waals surface area contributed by atoms with Crippen molar-refractivity contribution in [3.8, 4) is 11.1 Å². The summed E-state index contributed by atoms with van der Waals surface area (Å²) in [6.07, 6.45) is 1.01. The summed E-state index contributed by atoms with van der Waals surface area (Å²) in [7, 11) is 6.06. The Kier molecular flexibility index (Phi) is 5.34. The topological polar surface area (TPSA) is 15.3 Å². The molecule has 1 radical (unpaired) electrons. The summed E-state index contributed by atoms with van der Waals surface area (Å²) in [6.45, 7) is 3.17. The van der Waals surface area contributed by atoms with Crippen LogP contribution in [0.25, 0.3) is 21.9 Å². The van der Waals surface area contributed by atoms with Gasteiger partial charge >= 0.3 is 7.55 Å². The smallest absolute Gasteiger partial charge is 0.309 e. The van der Waals surface area contributed by atoms with Gasteiger partial charge in [0.1, 0.15) is 0 Å². The van der Waals surface area contributed by atoms with Gasteiger partial charge in [-0.1, -0.05) is 60.7 Å². The highest BCUT2D eigenvalue weighted by Crippen LogP contribution is 2.32. The molecule has 0 saturated heterocycles. The number of aryl methyl sites for hydroxylation is 1. The third kappa shape index (κ3) is 3.53. The maximum absolute atomic E-state index is 3.10. The van der Waals surface area contributed by atoms with Gasteiger partial charge in [-0.25, -0.2) is 0 Å². The summed E-state index contributed by atoms with van der Waals surface area (Å²) in [5.41, 5.74) is 5.44. The van der Waals surface area contributed by atoms with Crippen LogP contribution in [0.15, 0.2) is 60.7 Å². The predicted octanol–water partition coefficient (Wildman–Crippen LogP) is 4.04. The van der Waals surface area contributed by atoms with Gasteiger partial charge in [-0.05, 0) is 67.0 Å². The number of nitrogens with zero attached hydrogens (tertiary/aromatic N) is 1. The average molecular weight is 315 g/mol. The van der Waals surface area contributed by atoms with Crippen LogP contribution in [0, 0.1) is 6.92 Å². The largest absolute Gasteiger partial charge is 0.348 e. The van der Waals surface area contributed by atoms with Crippen molar-refractivity contribution in [1.29, 1.82) is 0 Å². The average Bonchev–Trinajstić information content (AvgIpc) is 2.60. The summed E-state index contributed by atoms with van der Waals surface area (Å²) in [4.78, 5) is 2.20. The van der Waals surface area contributed by atoms with Crippen molar-refractivity contribution < 1.29 is 0 Å². The summed E-state index contributed by atoms with van der Waals surface area (Å²) in [5.74, 6) is 0. The fraction of sp³-hybridized carbons (Fsp3) is 0.238. The highest BCUT2D eigenvalue weighted by atomic mass is 15.1. The third-order valence-corrected chi connectivity index (χ3v) is 4.54. The molecular weight excluding hydrogens is 291 g/mol. The molecule has 1 N–H and O–H groups in total. The van der Waals surface area contributed by atoms with Crippen molar-refractivity contribution in [2.75, 3.05) is 20.6 Å². The van der Waals surface area contributed by atoms with Gasteiger partial charge in [0, 0.05) is 0 Å². The van der Waals surface area contributed by atoms with Gasteiger partial charge in [0.15, 0.2) is 0 Å². The lowest BCUT2D eigenvalue weighted by Gasteiger charge is -2.19. The molecular formula is C21H24BN2. The van der Waals surface area contributed by atoms with Crippen molar-refractivity contribution >= 4 is 18.3 Å². The quantitative estimate of drug-likeness (QED) is 0.691. The van der Waals surface area contributed by atoms with E-state index < -0.39 is 0 Å². The number of fused-ring (bicyclic) bond motifs is 1. The Morgan fingerprint density at radius 2 is 1.67 bits per heavy atom. The van der Waals surface area contributed by atoms with E-state index in [1.54, 1.807) is 0 Å². The van der Waals surface area contributed by atoms with E-state index in [1.807, 2.05) is 14.6 Å². The molecule has 3 aromatic rings. The van der Waals surface area contributed by atoms with Crippen LogP contribution < -0.4 is 5.23 Å². The number of hydrogen-bond donors (Lipinski definition) is 1. The first-order valence-electron chi connectivity index (χ1n) is 8.48. The second kappa shape index (κ2) is 7.65. The molecule has 3 aromatic carbocycles. The third-order valence-electron chi connectivity index (χ3n) is 4.54. The van der Waals surface area contributed by atoms with Gasteiger partial charge in [0.05, 0.1) is 0 Å². The minimum absolute atomic E-state index is 0.980. The second-order valence-corrected chi connectivity index (χ2v) is 6.28. The summed E-state index contributed by atoms with van der Waals surface area (Å²) >= 11 is 0. The minimum atomic E-state index is 0.980. The molecule has 2 nitrogen and oxygen atoms in total. The SMILES string of the molecule is CN[B]N(C)CCc1c(-c2ccccc2C)ccc2ccccc12. The van der Waals surface area contributed by atoms with Crippen LogP contribution in [0.3, 0.4) is 0 Å². The van der Waals surface area contributed by atoms with Crippen LogP contribution in [-0.4, -0.2) is 33.0 Å². The fourth-order valence-electron chi connectivity index (χ4n) is 3.31. The molecule has 0 heterocycles. The lowest BCUT2D eigenvalue weighted by atomic mass is 9.90. The molecule has 0 aliphatic heterocycles. The molecule has 3 rings (SSSR count). The molecule has 0 bridgehead atoms. The summed E-state index contributed by atoms with van der Waals surface area (Å²) in [5, 5.41) is 5.77. The van der Waals surface area contributed by atoms with Crippen LogP contribution >= 0.6 is 0 Å². The van der Waals surface area contributed by atoms with Gasteiger partial charge in [0.2, 0.25) is 0 Å². The first-order chi connectivity index (χ1) is 11.7. The van der Waals surface area contributed by atoms with E-state index in [2.05, 4.69) is 84.7 Å².